The number of carbonyl (C=O) groups is 2. The van der Waals surface area contributed by atoms with Gasteiger partial charge in [0.15, 0.2) is 0 Å². The van der Waals surface area contributed by atoms with Gasteiger partial charge in [-0.25, -0.2) is 4.39 Å². The maximum absolute atomic E-state index is 13.0. The summed E-state index contributed by atoms with van der Waals surface area (Å²) >= 11 is 0. The fourth-order valence-electron chi connectivity index (χ4n) is 3.23. The number of carboxylic acid groups (broad SMARTS) is 1. The molecule has 1 saturated heterocycles. The van der Waals surface area contributed by atoms with Crippen molar-refractivity contribution in [2.24, 2.45) is 0 Å². The number of hydrogen-bond acceptors (Lipinski definition) is 5. The second-order valence-corrected chi connectivity index (χ2v) is 6.74. The number of carbonyl (C=O) groups excluding carboxylic acids is 1. The number of hydrogen-bond donors (Lipinski definition) is 1. The molecule has 0 spiro atoms. The minimum Gasteiger partial charge on any atom is -0.481 e. The molecular formula is C19H22FN3O4. The molecule has 1 aromatic carbocycles. The first kappa shape index (κ1) is 19.0. The lowest BCUT2D eigenvalue weighted by Crippen LogP contribution is -2.39. The largest absolute Gasteiger partial charge is 0.481 e. The summed E-state index contributed by atoms with van der Waals surface area (Å²) in [6, 6.07) is 5.88. The van der Waals surface area contributed by atoms with Crippen LogP contribution in [0.1, 0.15) is 50.3 Å². The van der Waals surface area contributed by atoms with E-state index >= 15 is 0 Å². The zero-order chi connectivity index (χ0) is 19.2. The molecule has 0 bridgehead atoms. The van der Waals surface area contributed by atoms with Gasteiger partial charge in [0.05, 0.1) is 5.92 Å². The first-order valence-electron chi connectivity index (χ1n) is 9.12. The number of rotatable bonds is 7. The molecular weight excluding hydrogens is 353 g/mol. The number of piperidine rings is 1. The highest BCUT2D eigenvalue weighted by molar-refractivity contribution is 5.76. The molecule has 1 aliphatic heterocycles. The van der Waals surface area contributed by atoms with Gasteiger partial charge in [-0.15, -0.1) is 0 Å². The summed E-state index contributed by atoms with van der Waals surface area (Å²) in [5, 5.41) is 12.6. The Labute approximate surface area is 156 Å². The normalized spacial score (nSPS) is 17.1. The van der Waals surface area contributed by atoms with E-state index in [1.807, 2.05) is 0 Å². The van der Waals surface area contributed by atoms with E-state index in [0.29, 0.717) is 49.6 Å². The van der Waals surface area contributed by atoms with Crippen LogP contribution in [0.3, 0.4) is 0 Å². The van der Waals surface area contributed by atoms with Gasteiger partial charge >= 0.3 is 5.97 Å². The van der Waals surface area contributed by atoms with Gasteiger partial charge in [0.25, 0.3) is 0 Å². The van der Waals surface area contributed by atoms with E-state index < -0.39 is 5.97 Å². The minimum atomic E-state index is -0.839. The van der Waals surface area contributed by atoms with Crippen LogP contribution in [-0.4, -0.2) is 45.1 Å². The molecule has 1 N–H and O–H groups in total. The van der Waals surface area contributed by atoms with Gasteiger partial charge in [0.1, 0.15) is 5.82 Å². The summed E-state index contributed by atoms with van der Waals surface area (Å²) in [6.07, 6.45) is 3.22. The van der Waals surface area contributed by atoms with E-state index in [1.165, 1.54) is 12.1 Å². The third-order valence-electron chi connectivity index (χ3n) is 4.70. The molecule has 1 fully saturated rings. The Morgan fingerprint density at radius 2 is 1.96 bits per heavy atom. The van der Waals surface area contributed by atoms with Crippen molar-refractivity contribution in [3.8, 4) is 11.4 Å². The van der Waals surface area contributed by atoms with Crippen molar-refractivity contribution in [1.82, 2.24) is 15.0 Å². The molecule has 0 saturated carbocycles. The quantitative estimate of drug-likeness (QED) is 0.747. The van der Waals surface area contributed by atoms with Crippen molar-refractivity contribution in [3.05, 3.63) is 36.0 Å². The monoisotopic (exact) mass is 375 g/mol. The number of carboxylic acids is 1. The Morgan fingerprint density at radius 1 is 1.22 bits per heavy atom. The SMILES string of the molecule is O=C(O)CCCCC(=O)N1CCCC(c2nc(-c3ccc(F)cc3)no2)C1. The predicted octanol–water partition coefficient (Wildman–Crippen LogP) is 3.23. The van der Waals surface area contributed by atoms with Gasteiger partial charge in [0.2, 0.25) is 17.6 Å². The summed E-state index contributed by atoms with van der Waals surface area (Å²) in [5.41, 5.74) is 0.675. The highest BCUT2D eigenvalue weighted by Crippen LogP contribution is 2.28. The second-order valence-electron chi connectivity index (χ2n) is 6.74. The topological polar surface area (TPSA) is 96.5 Å². The van der Waals surface area contributed by atoms with Gasteiger partial charge in [-0.2, -0.15) is 4.98 Å². The molecule has 0 radical (unpaired) electrons. The Balaban J connectivity index is 1.57. The Kier molecular flexibility index (Phi) is 6.16. The first-order valence-corrected chi connectivity index (χ1v) is 9.12. The van der Waals surface area contributed by atoms with E-state index in [-0.39, 0.29) is 24.1 Å². The summed E-state index contributed by atoms with van der Waals surface area (Å²) in [5.74, 6) is -0.271. The van der Waals surface area contributed by atoms with E-state index in [2.05, 4.69) is 10.1 Å². The molecule has 3 rings (SSSR count). The summed E-state index contributed by atoms with van der Waals surface area (Å²) in [6.45, 7) is 1.20. The molecule has 0 aliphatic carbocycles. The van der Waals surface area contributed by atoms with Crippen molar-refractivity contribution in [2.75, 3.05) is 13.1 Å². The average Bonchev–Trinajstić information content (AvgIpc) is 3.16. The maximum Gasteiger partial charge on any atom is 0.303 e. The standard InChI is InChI=1S/C19H22FN3O4/c20-15-9-7-13(8-10-15)18-21-19(27-22-18)14-4-3-11-23(12-14)16(24)5-1-2-6-17(25)26/h7-10,14H,1-6,11-12H2,(H,25,26). The van der Waals surface area contributed by atoms with Crippen LogP contribution in [0.5, 0.6) is 0 Å². The molecule has 27 heavy (non-hydrogen) atoms. The van der Waals surface area contributed by atoms with E-state index in [4.69, 9.17) is 9.63 Å². The number of aliphatic carboxylic acids is 1. The number of benzene rings is 1. The smallest absolute Gasteiger partial charge is 0.303 e. The van der Waals surface area contributed by atoms with Crippen LogP contribution in [-0.2, 0) is 9.59 Å². The minimum absolute atomic E-state index is 0.0246. The number of aromatic nitrogens is 2. The lowest BCUT2D eigenvalue weighted by molar-refractivity contribution is -0.137. The van der Waals surface area contributed by atoms with Crippen LogP contribution >= 0.6 is 0 Å². The summed E-state index contributed by atoms with van der Waals surface area (Å²) < 4.78 is 18.4. The maximum atomic E-state index is 13.0. The lowest BCUT2D eigenvalue weighted by Gasteiger charge is -2.31. The van der Waals surface area contributed by atoms with Gasteiger partial charge in [-0.05, 0) is 49.9 Å². The van der Waals surface area contributed by atoms with Gasteiger partial charge in [-0.1, -0.05) is 5.16 Å². The summed E-state index contributed by atoms with van der Waals surface area (Å²) in [4.78, 5) is 29.1. The van der Waals surface area contributed by atoms with Crippen molar-refractivity contribution < 1.29 is 23.6 Å². The molecule has 2 heterocycles. The Hall–Kier alpha value is -2.77. The number of likely N-dealkylation sites (tertiary alicyclic amines) is 1. The first-order chi connectivity index (χ1) is 13.0. The summed E-state index contributed by atoms with van der Waals surface area (Å²) in [7, 11) is 0. The molecule has 144 valence electrons. The van der Waals surface area contributed by atoms with Gasteiger partial charge in [-0.3, -0.25) is 9.59 Å². The molecule has 1 atom stereocenters. The number of halogens is 1. The zero-order valence-corrected chi connectivity index (χ0v) is 14.9. The van der Waals surface area contributed by atoms with E-state index in [9.17, 15) is 14.0 Å². The molecule has 7 nitrogen and oxygen atoms in total. The highest BCUT2D eigenvalue weighted by atomic mass is 19.1. The lowest BCUT2D eigenvalue weighted by atomic mass is 9.97. The van der Waals surface area contributed by atoms with Crippen LogP contribution in [0.25, 0.3) is 11.4 Å². The van der Waals surface area contributed by atoms with Crippen LogP contribution in [0.15, 0.2) is 28.8 Å². The number of unbranched alkanes of at least 4 members (excludes halogenated alkanes) is 1. The predicted molar refractivity (Wildman–Crippen MR) is 94.4 cm³/mol. The molecule has 1 aromatic heterocycles. The second kappa shape index (κ2) is 8.75. The number of amides is 1. The van der Waals surface area contributed by atoms with Crippen LogP contribution < -0.4 is 0 Å². The van der Waals surface area contributed by atoms with E-state index in [1.54, 1.807) is 17.0 Å². The van der Waals surface area contributed by atoms with Crippen LogP contribution in [0.2, 0.25) is 0 Å². The zero-order valence-electron chi connectivity index (χ0n) is 14.9. The third kappa shape index (κ3) is 5.12. The van der Waals surface area contributed by atoms with Gasteiger partial charge in [0, 0.05) is 31.5 Å². The molecule has 1 amide bonds. The fraction of sp³-hybridized carbons (Fsp3) is 0.474. The average molecular weight is 375 g/mol. The van der Waals surface area contributed by atoms with Crippen molar-refractivity contribution >= 4 is 11.9 Å². The van der Waals surface area contributed by atoms with Gasteiger partial charge < -0.3 is 14.5 Å². The molecule has 2 aromatic rings. The third-order valence-corrected chi connectivity index (χ3v) is 4.70. The van der Waals surface area contributed by atoms with E-state index in [0.717, 1.165) is 12.8 Å². The van der Waals surface area contributed by atoms with Crippen LogP contribution in [0.4, 0.5) is 4.39 Å². The van der Waals surface area contributed by atoms with Crippen molar-refractivity contribution in [3.63, 3.8) is 0 Å². The molecule has 8 heteroatoms. The number of nitrogens with zero attached hydrogens (tertiary/aromatic N) is 3. The highest BCUT2D eigenvalue weighted by Gasteiger charge is 2.28. The van der Waals surface area contributed by atoms with Crippen LogP contribution in [0, 0.1) is 5.82 Å². The Morgan fingerprint density at radius 3 is 2.70 bits per heavy atom. The molecule has 1 aliphatic rings. The van der Waals surface area contributed by atoms with Crippen molar-refractivity contribution in [2.45, 2.75) is 44.4 Å². The molecule has 1 unspecified atom stereocenters. The fourth-order valence-corrected chi connectivity index (χ4v) is 3.23. The Bertz CT molecular complexity index is 791. The van der Waals surface area contributed by atoms with Crippen molar-refractivity contribution in [1.29, 1.82) is 0 Å².